The molecule has 0 aliphatic rings. The number of unbranched alkanes of at least 4 members (excludes halogenated alkanes) is 1. The number of carbonyl (C=O) groups excluding carboxylic acids is 1. The van der Waals surface area contributed by atoms with Gasteiger partial charge in [-0.25, -0.2) is 4.79 Å². The topological polar surface area (TPSA) is 89.9 Å². The van der Waals surface area contributed by atoms with Gasteiger partial charge in [0.15, 0.2) is 0 Å². The van der Waals surface area contributed by atoms with Gasteiger partial charge in [-0.1, -0.05) is 27.2 Å². The molecule has 0 aromatic carbocycles. The molecule has 0 aliphatic carbocycles. The minimum atomic E-state index is -0.840. The standard InChI is InChI=1S/C15H30N2O4/c1-4-5-6-17(7-8-18)15(21)16-11-13(9-12(2)3)10-14(19)20/h12-13,18H,4-11H2,1-3H3,(H,16,21)(H,19,20)/t13-/m0/s1. The second kappa shape index (κ2) is 11.4. The molecule has 0 unspecified atom stereocenters. The smallest absolute Gasteiger partial charge is 0.317 e. The van der Waals surface area contributed by atoms with Crippen molar-refractivity contribution in [3.05, 3.63) is 0 Å². The number of hydrogen-bond acceptors (Lipinski definition) is 3. The van der Waals surface area contributed by atoms with Gasteiger partial charge in [-0.3, -0.25) is 4.79 Å². The summed E-state index contributed by atoms with van der Waals surface area (Å²) in [6.45, 7) is 7.32. The van der Waals surface area contributed by atoms with Crippen molar-refractivity contribution >= 4 is 12.0 Å². The third-order valence-electron chi connectivity index (χ3n) is 3.25. The number of nitrogens with zero attached hydrogens (tertiary/aromatic N) is 1. The summed E-state index contributed by atoms with van der Waals surface area (Å²) in [5.41, 5.74) is 0. The Bertz CT molecular complexity index is 308. The quantitative estimate of drug-likeness (QED) is 0.544. The van der Waals surface area contributed by atoms with Crippen LogP contribution >= 0.6 is 0 Å². The van der Waals surface area contributed by atoms with Crippen molar-refractivity contribution in [3.63, 3.8) is 0 Å². The molecule has 0 aromatic heterocycles. The molecule has 0 aliphatic heterocycles. The van der Waals surface area contributed by atoms with Gasteiger partial charge in [0.25, 0.3) is 0 Å². The second-order valence-corrected chi connectivity index (χ2v) is 5.84. The summed E-state index contributed by atoms with van der Waals surface area (Å²) in [6, 6.07) is -0.225. The average Bonchev–Trinajstić information content (AvgIpc) is 2.39. The molecular weight excluding hydrogens is 272 g/mol. The number of carbonyl (C=O) groups is 2. The van der Waals surface area contributed by atoms with Gasteiger partial charge in [0.2, 0.25) is 0 Å². The molecule has 3 N–H and O–H groups in total. The van der Waals surface area contributed by atoms with Crippen LogP contribution in [0.15, 0.2) is 0 Å². The second-order valence-electron chi connectivity index (χ2n) is 5.84. The molecule has 21 heavy (non-hydrogen) atoms. The first kappa shape index (κ1) is 19.7. The number of carboxylic acid groups (broad SMARTS) is 1. The number of aliphatic hydroxyl groups is 1. The monoisotopic (exact) mass is 302 g/mol. The van der Waals surface area contributed by atoms with Gasteiger partial charge >= 0.3 is 12.0 Å². The lowest BCUT2D eigenvalue weighted by Gasteiger charge is -2.24. The molecule has 0 fully saturated rings. The van der Waals surface area contributed by atoms with Crippen LogP contribution in [0.2, 0.25) is 0 Å². The van der Waals surface area contributed by atoms with Crippen molar-refractivity contribution in [2.75, 3.05) is 26.2 Å². The van der Waals surface area contributed by atoms with Crippen LogP contribution in [-0.4, -0.2) is 53.4 Å². The zero-order chi connectivity index (χ0) is 16.3. The van der Waals surface area contributed by atoms with E-state index in [9.17, 15) is 9.59 Å². The van der Waals surface area contributed by atoms with Crippen molar-refractivity contribution in [3.8, 4) is 0 Å². The molecule has 0 bridgehead atoms. The van der Waals surface area contributed by atoms with Gasteiger partial charge in [-0.15, -0.1) is 0 Å². The number of nitrogens with one attached hydrogen (secondary N) is 1. The zero-order valence-corrected chi connectivity index (χ0v) is 13.5. The predicted octanol–water partition coefficient (Wildman–Crippen LogP) is 1.93. The van der Waals surface area contributed by atoms with Gasteiger partial charge in [0.05, 0.1) is 6.61 Å². The molecule has 0 aromatic rings. The van der Waals surface area contributed by atoms with E-state index in [2.05, 4.69) is 5.32 Å². The number of urea groups is 1. The molecule has 6 nitrogen and oxygen atoms in total. The highest BCUT2D eigenvalue weighted by Crippen LogP contribution is 2.14. The highest BCUT2D eigenvalue weighted by Gasteiger charge is 2.18. The lowest BCUT2D eigenvalue weighted by molar-refractivity contribution is -0.138. The zero-order valence-electron chi connectivity index (χ0n) is 13.5. The minimum Gasteiger partial charge on any atom is -0.481 e. The number of amides is 2. The predicted molar refractivity (Wildman–Crippen MR) is 82.2 cm³/mol. The first-order chi connectivity index (χ1) is 9.90. The minimum absolute atomic E-state index is 0.0615. The van der Waals surface area contributed by atoms with Crippen molar-refractivity contribution < 1.29 is 19.8 Å². The average molecular weight is 302 g/mol. The van der Waals surface area contributed by atoms with E-state index in [1.807, 2.05) is 20.8 Å². The first-order valence-corrected chi connectivity index (χ1v) is 7.76. The molecular formula is C15H30N2O4. The molecule has 0 radical (unpaired) electrons. The molecule has 124 valence electrons. The van der Waals surface area contributed by atoms with Gasteiger partial charge in [0, 0.05) is 26.1 Å². The summed E-state index contributed by atoms with van der Waals surface area (Å²) in [5, 5.41) is 20.7. The number of hydrogen-bond donors (Lipinski definition) is 3. The molecule has 6 heteroatoms. The van der Waals surface area contributed by atoms with Gasteiger partial charge in [0.1, 0.15) is 0 Å². The highest BCUT2D eigenvalue weighted by atomic mass is 16.4. The Morgan fingerprint density at radius 2 is 1.90 bits per heavy atom. The van der Waals surface area contributed by atoms with E-state index in [-0.39, 0.29) is 25.0 Å². The van der Waals surface area contributed by atoms with Crippen molar-refractivity contribution in [2.24, 2.45) is 11.8 Å². The Labute approximate surface area is 127 Å². The van der Waals surface area contributed by atoms with Gasteiger partial charge < -0.3 is 20.4 Å². The van der Waals surface area contributed by atoms with Crippen LogP contribution in [0.1, 0.15) is 46.5 Å². The fraction of sp³-hybridized carbons (Fsp3) is 0.867. The fourth-order valence-electron chi connectivity index (χ4n) is 2.28. The molecule has 0 rings (SSSR count). The third-order valence-corrected chi connectivity index (χ3v) is 3.25. The van der Waals surface area contributed by atoms with E-state index in [0.29, 0.717) is 25.6 Å². The van der Waals surface area contributed by atoms with Crippen molar-refractivity contribution in [1.82, 2.24) is 10.2 Å². The third kappa shape index (κ3) is 10.1. The van der Waals surface area contributed by atoms with Crippen LogP contribution < -0.4 is 5.32 Å². The summed E-state index contributed by atoms with van der Waals surface area (Å²) in [5.74, 6) is -0.512. The Hall–Kier alpha value is -1.30. The maximum absolute atomic E-state index is 12.1. The van der Waals surface area contributed by atoms with Crippen molar-refractivity contribution in [2.45, 2.75) is 46.5 Å². The summed E-state index contributed by atoms with van der Waals surface area (Å²) in [7, 11) is 0. The number of rotatable bonds is 11. The molecule has 1 atom stereocenters. The lowest BCUT2D eigenvalue weighted by atomic mass is 9.94. The van der Waals surface area contributed by atoms with Crippen LogP contribution in [0.4, 0.5) is 4.79 Å². The van der Waals surface area contributed by atoms with E-state index < -0.39 is 5.97 Å². The van der Waals surface area contributed by atoms with Gasteiger partial charge in [-0.2, -0.15) is 0 Å². The van der Waals surface area contributed by atoms with Crippen LogP contribution in [0, 0.1) is 11.8 Å². The molecule has 0 heterocycles. The number of carboxylic acids is 1. The van der Waals surface area contributed by atoms with Crippen LogP contribution in [0.25, 0.3) is 0 Å². The summed E-state index contributed by atoms with van der Waals surface area (Å²) in [4.78, 5) is 24.5. The largest absolute Gasteiger partial charge is 0.481 e. The Kier molecular flexibility index (Phi) is 10.7. The van der Waals surface area contributed by atoms with E-state index in [0.717, 1.165) is 19.3 Å². The normalized spacial score (nSPS) is 12.2. The van der Waals surface area contributed by atoms with E-state index in [4.69, 9.17) is 10.2 Å². The molecule has 0 saturated carbocycles. The maximum atomic E-state index is 12.1. The van der Waals surface area contributed by atoms with Crippen molar-refractivity contribution in [1.29, 1.82) is 0 Å². The number of aliphatic carboxylic acids is 1. The van der Waals surface area contributed by atoms with E-state index >= 15 is 0 Å². The summed E-state index contributed by atoms with van der Waals surface area (Å²) in [6.07, 6.45) is 2.69. The van der Waals surface area contributed by atoms with E-state index in [1.165, 1.54) is 0 Å². The fourth-order valence-corrected chi connectivity index (χ4v) is 2.28. The first-order valence-electron chi connectivity index (χ1n) is 7.76. The molecule has 2 amide bonds. The van der Waals surface area contributed by atoms with Crippen LogP contribution in [-0.2, 0) is 4.79 Å². The Morgan fingerprint density at radius 1 is 1.24 bits per heavy atom. The van der Waals surface area contributed by atoms with Gasteiger partial charge in [-0.05, 0) is 24.7 Å². The SMILES string of the molecule is CCCCN(CCO)C(=O)NC[C@H](CC(=O)O)CC(C)C. The Morgan fingerprint density at radius 3 is 2.38 bits per heavy atom. The highest BCUT2D eigenvalue weighted by molar-refractivity contribution is 5.74. The molecule has 0 saturated heterocycles. The Balaban J connectivity index is 4.38. The summed E-state index contributed by atoms with van der Waals surface area (Å²) >= 11 is 0. The van der Waals surface area contributed by atoms with Crippen LogP contribution in [0.5, 0.6) is 0 Å². The van der Waals surface area contributed by atoms with Crippen LogP contribution in [0.3, 0.4) is 0 Å². The summed E-state index contributed by atoms with van der Waals surface area (Å²) < 4.78 is 0. The van der Waals surface area contributed by atoms with E-state index in [1.54, 1.807) is 4.90 Å². The molecule has 0 spiro atoms. The lowest BCUT2D eigenvalue weighted by Crippen LogP contribution is -2.44. The maximum Gasteiger partial charge on any atom is 0.317 e. The number of aliphatic hydroxyl groups excluding tert-OH is 1.